The number of aromatic nitrogens is 2. The molecule has 0 saturated carbocycles. The van der Waals surface area contributed by atoms with Crippen LogP contribution in [0.4, 0.5) is 14.6 Å². The number of hydrogen-bond acceptors (Lipinski definition) is 5. The zero-order valence-electron chi connectivity index (χ0n) is 7.41. The van der Waals surface area contributed by atoms with Crippen LogP contribution in [-0.4, -0.2) is 29.3 Å². The first-order chi connectivity index (χ1) is 6.61. The predicted molar refractivity (Wildman–Crippen MR) is 49.7 cm³/mol. The van der Waals surface area contributed by atoms with E-state index in [2.05, 4.69) is 9.97 Å². The molecule has 1 aromatic heterocycles. The number of nitrogens with two attached hydrogens (primary N) is 1. The summed E-state index contributed by atoms with van der Waals surface area (Å²) >= 11 is 1.26. The fourth-order valence-electron chi connectivity index (χ4n) is 0.734. The van der Waals surface area contributed by atoms with Crippen molar-refractivity contribution in [3.8, 4) is 5.88 Å². The number of nitrogens with zero attached hydrogens (tertiary/aromatic N) is 2. The van der Waals surface area contributed by atoms with E-state index >= 15 is 0 Å². The van der Waals surface area contributed by atoms with E-state index in [1.54, 1.807) is 6.26 Å². The standard InChI is InChI=1S/C7H9F2N3OS/c1-14-7-11-5(10)2-6(12-7)13-3-4(8)9/h2,4H,3H2,1H3,(H2,10,11,12). The molecule has 0 fully saturated rings. The monoisotopic (exact) mass is 221 g/mol. The second kappa shape index (κ2) is 4.94. The Labute approximate surface area is 83.9 Å². The SMILES string of the molecule is CSc1nc(N)cc(OCC(F)F)n1. The molecule has 0 aliphatic carbocycles. The molecule has 0 bridgehead atoms. The molecule has 0 saturated heterocycles. The van der Waals surface area contributed by atoms with Crippen LogP contribution in [0, 0.1) is 0 Å². The highest BCUT2D eigenvalue weighted by Crippen LogP contribution is 2.17. The van der Waals surface area contributed by atoms with Gasteiger partial charge in [-0.3, -0.25) is 0 Å². The minimum atomic E-state index is -2.52. The molecule has 0 aliphatic rings. The fourth-order valence-corrected chi connectivity index (χ4v) is 1.11. The Morgan fingerprint density at radius 3 is 2.86 bits per heavy atom. The van der Waals surface area contributed by atoms with E-state index < -0.39 is 13.0 Å². The summed E-state index contributed by atoms with van der Waals surface area (Å²) in [5.74, 6) is 0.274. The highest BCUT2D eigenvalue weighted by molar-refractivity contribution is 7.98. The number of alkyl halides is 2. The van der Waals surface area contributed by atoms with Crippen molar-refractivity contribution < 1.29 is 13.5 Å². The van der Waals surface area contributed by atoms with Crippen molar-refractivity contribution in [2.75, 3.05) is 18.6 Å². The molecule has 0 aromatic carbocycles. The highest BCUT2D eigenvalue weighted by atomic mass is 32.2. The van der Waals surface area contributed by atoms with Gasteiger partial charge in [-0.15, -0.1) is 0 Å². The van der Waals surface area contributed by atoms with Crippen LogP contribution in [0.2, 0.25) is 0 Å². The van der Waals surface area contributed by atoms with E-state index in [0.717, 1.165) is 0 Å². The molecular weight excluding hydrogens is 212 g/mol. The zero-order chi connectivity index (χ0) is 10.6. The number of nitrogen functional groups attached to an aromatic ring is 1. The summed E-state index contributed by atoms with van der Waals surface area (Å²) < 4.78 is 28.3. The Balaban J connectivity index is 2.71. The van der Waals surface area contributed by atoms with Gasteiger partial charge >= 0.3 is 0 Å². The van der Waals surface area contributed by atoms with E-state index in [-0.39, 0.29) is 11.7 Å². The third kappa shape index (κ3) is 3.33. The first kappa shape index (κ1) is 11.0. The first-order valence-electron chi connectivity index (χ1n) is 3.71. The van der Waals surface area contributed by atoms with Gasteiger partial charge in [0.15, 0.2) is 11.8 Å². The zero-order valence-corrected chi connectivity index (χ0v) is 8.22. The van der Waals surface area contributed by atoms with Crippen LogP contribution >= 0.6 is 11.8 Å². The molecule has 1 rings (SSSR count). The van der Waals surface area contributed by atoms with Crippen molar-refractivity contribution in [1.82, 2.24) is 9.97 Å². The van der Waals surface area contributed by atoms with Crippen molar-refractivity contribution in [3.63, 3.8) is 0 Å². The first-order valence-corrected chi connectivity index (χ1v) is 4.94. The Bertz CT molecular complexity index is 311. The predicted octanol–water partition coefficient (Wildman–Crippen LogP) is 1.42. The normalized spacial score (nSPS) is 10.6. The van der Waals surface area contributed by atoms with Crippen molar-refractivity contribution >= 4 is 17.6 Å². The molecule has 4 nitrogen and oxygen atoms in total. The van der Waals surface area contributed by atoms with Gasteiger partial charge < -0.3 is 10.5 Å². The molecule has 7 heteroatoms. The molecule has 1 aromatic rings. The Hall–Kier alpha value is -1.11. The van der Waals surface area contributed by atoms with Crippen LogP contribution in [0.15, 0.2) is 11.2 Å². The lowest BCUT2D eigenvalue weighted by atomic mass is 10.6. The third-order valence-corrected chi connectivity index (χ3v) is 1.79. The topological polar surface area (TPSA) is 61.0 Å². The average molecular weight is 221 g/mol. The van der Waals surface area contributed by atoms with Gasteiger partial charge in [-0.1, -0.05) is 11.8 Å². The van der Waals surface area contributed by atoms with E-state index in [0.29, 0.717) is 5.16 Å². The molecule has 1 heterocycles. The van der Waals surface area contributed by atoms with Crippen LogP contribution in [0.5, 0.6) is 5.88 Å². The van der Waals surface area contributed by atoms with Gasteiger partial charge in [0.1, 0.15) is 5.82 Å². The maximum absolute atomic E-state index is 11.8. The summed E-state index contributed by atoms with van der Waals surface area (Å²) in [6.45, 7) is -0.690. The average Bonchev–Trinajstić information content (AvgIpc) is 2.14. The van der Waals surface area contributed by atoms with Gasteiger partial charge in [-0.2, -0.15) is 4.98 Å². The third-order valence-electron chi connectivity index (χ3n) is 1.24. The lowest BCUT2D eigenvalue weighted by Gasteiger charge is -2.05. The molecule has 78 valence electrons. The van der Waals surface area contributed by atoms with Crippen molar-refractivity contribution in [1.29, 1.82) is 0 Å². The molecule has 0 spiro atoms. The lowest BCUT2D eigenvalue weighted by molar-refractivity contribution is 0.0792. The molecular formula is C7H9F2N3OS. The molecule has 0 aliphatic heterocycles. The highest BCUT2D eigenvalue weighted by Gasteiger charge is 2.06. The van der Waals surface area contributed by atoms with Crippen LogP contribution in [0.3, 0.4) is 0 Å². The van der Waals surface area contributed by atoms with Gasteiger partial charge in [-0.05, 0) is 6.26 Å². The minimum absolute atomic E-state index is 0.0714. The summed E-state index contributed by atoms with van der Waals surface area (Å²) in [6.07, 6.45) is -0.769. The van der Waals surface area contributed by atoms with Gasteiger partial charge in [0.05, 0.1) is 0 Å². The summed E-state index contributed by atoms with van der Waals surface area (Å²) in [6, 6.07) is 1.31. The lowest BCUT2D eigenvalue weighted by Crippen LogP contribution is -2.09. The van der Waals surface area contributed by atoms with E-state index in [4.69, 9.17) is 10.5 Å². The number of ether oxygens (including phenoxy) is 1. The van der Waals surface area contributed by atoms with Crippen LogP contribution < -0.4 is 10.5 Å². The maximum atomic E-state index is 11.8. The molecule has 0 amide bonds. The number of rotatable bonds is 4. The summed E-state index contributed by atoms with van der Waals surface area (Å²) in [4.78, 5) is 7.68. The molecule has 0 unspecified atom stereocenters. The number of anilines is 1. The summed E-state index contributed by atoms with van der Waals surface area (Å²) in [5, 5.41) is 0.397. The van der Waals surface area contributed by atoms with Crippen LogP contribution in [-0.2, 0) is 0 Å². The van der Waals surface area contributed by atoms with Gasteiger partial charge in [0.25, 0.3) is 6.43 Å². The largest absolute Gasteiger partial charge is 0.471 e. The molecule has 14 heavy (non-hydrogen) atoms. The van der Waals surface area contributed by atoms with Gasteiger partial charge in [0.2, 0.25) is 5.88 Å². The Kier molecular flexibility index (Phi) is 3.87. The van der Waals surface area contributed by atoms with E-state index in [1.165, 1.54) is 17.8 Å². The molecule has 2 N–H and O–H groups in total. The summed E-state index contributed by atoms with van der Waals surface area (Å²) in [5.41, 5.74) is 5.41. The number of halogens is 2. The number of thioether (sulfide) groups is 1. The smallest absolute Gasteiger partial charge is 0.272 e. The Morgan fingerprint density at radius 2 is 2.29 bits per heavy atom. The van der Waals surface area contributed by atoms with E-state index in [1.807, 2.05) is 0 Å². The van der Waals surface area contributed by atoms with Crippen LogP contribution in [0.25, 0.3) is 0 Å². The van der Waals surface area contributed by atoms with Crippen molar-refractivity contribution in [2.24, 2.45) is 0 Å². The van der Waals surface area contributed by atoms with Gasteiger partial charge in [-0.25, -0.2) is 13.8 Å². The second-order valence-electron chi connectivity index (χ2n) is 2.32. The number of hydrogen-bond donors (Lipinski definition) is 1. The quantitative estimate of drug-likeness (QED) is 0.615. The van der Waals surface area contributed by atoms with Crippen molar-refractivity contribution in [3.05, 3.63) is 6.07 Å². The van der Waals surface area contributed by atoms with Gasteiger partial charge in [0, 0.05) is 6.07 Å². The fraction of sp³-hybridized carbons (Fsp3) is 0.429. The molecule has 0 radical (unpaired) electrons. The minimum Gasteiger partial charge on any atom is -0.471 e. The molecule has 0 atom stereocenters. The van der Waals surface area contributed by atoms with E-state index in [9.17, 15) is 8.78 Å². The maximum Gasteiger partial charge on any atom is 0.272 e. The second-order valence-corrected chi connectivity index (χ2v) is 3.09. The van der Waals surface area contributed by atoms with Crippen LogP contribution in [0.1, 0.15) is 0 Å². The summed E-state index contributed by atoms with van der Waals surface area (Å²) in [7, 11) is 0. The Morgan fingerprint density at radius 1 is 1.57 bits per heavy atom. The van der Waals surface area contributed by atoms with Crippen molar-refractivity contribution in [2.45, 2.75) is 11.6 Å².